The monoisotopic (exact) mass is 250 g/mol. The number of hydrogen-bond acceptors (Lipinski definition) is 0. The second kappa shape index (κ2) is 3.10. The van der Waals surface area contributed by atoms with Gasteiger partial charge in [0, 0.05) is 5.33 Å². The molecule has 0 N–H and O–H groups in total. The number of halogens is 1. The molecule has 0 aromatic heterocycles. The predicted molar refractivity (Wildman–Crippen MR) is 62.8 cm³/mol. The average Bonchev–Trinajstić information content (AvgIpc) is 2.53. The van der Waals surface area contributed by atoms with Crippen LogP contribution in [0.3, 0.4) is 0 Å². The molecule has 0 bridgehead atoms. The maximum Gasteiger partial charge on any atom is 0.00600 e. The van der Waals surface area contributed by atoms with Crippen molar-refractivity contribution in [3.8, 4) is 0 Å². The van der Waals surface area contributed by atoms with Crippen molar-refractivity contribution < 1.29 is 0 Å². The Bertz CT molecular complexity index is 323. The van der Waals surface area contributed by atoms with Crippen molar-refractivity contribution >= 4 is 15.9 Å². The summed E-state index contributed by atoms with van der Waals surface area (Å²) in [4.78, 5) is 0. The smallest absolute Gasteiger partial charge is 0.00600 e. The standard InChI is InChI=1S/C13H15Br/c14-9-10-5-13(6-10)7-11-3-1-2-4-12(11)8-13/h1-4,10H,5-9H2. The van der Waals surface area contributed by atoms with Gasteiger partial charge in [-0.2, -0.15) is 0 Å². The van der Waals surface area contributed by atoms with E-state index in [-0.39, 0.29) is 0 Å². The summed E-state index contributed by atoms with van der Waals surface area (Å²) in [5, 5.41) is 1.20. The van der Waals surface area contributed by atoms with Gasteiger partial charge >= 0.3 is 0 Å². The highest BCUT2D eigenvalue weighted by Gasteiger charge is 2.46. The van der Waals surface area contributed by atoms with E-state index < -0.39 is 0 Å². The predicted octanol–water partition coefficient (Wildman–Crippen LogP) is 3.58. The van der Waals surface area contributed by atoms with Crippen LogP contribution >= 0.6 is 15.9 Å². The first-order chi connectivity index (χ1) is 6.81. The van der Waals surface area contributed by atoms with Gasteiger partial charge in [-0.25, -0.2) is 0 Å². The van der Waals surface area contributed by atoms with Gasteiger partial charge in [-0.05, 0) is 48.1 Å². The van der Waals surface area contributed by atoms with Crippen molar-refractivity contribution in [2.45, 2.75) is 25.7 Å². The Hall–Kier alpha value is -0.300. The highest BCUT2D eigenvalue weighted by Crippen LogP contribution is 2.54. The van der Waals surface area contributed by atoms with Gasteiger partial charge in [-0.1, -0.05) is 40.2 Å². The molecule has 1 heteroatoms. The van der Waals surface area contributed by atoms with Crippen LogP contribution in [-0.4, -0.2) is 5.33 Å². The van der Waals surface area contributed by atoms with E-state index in [0.717, 1.165) is 5.92 Å². The van der Waals surface area contributed by atoms with Crippen LogP contribution in [0.25, 0.3) is 0 Å². The molecule has 0 heterocycles. The number of rotatable bonds is 1. The Morgan fingerprint density at radius 3 is 2.21 bits per heavy atom. The maximum atomic E-state index is 3.59. The first-order valence-electron chi connectivity index (χ1n) is 5.44. The molecule has 0 unspecified atom stereocenters. The minimum Gasteiger partial charge on any atom is -0.0925 e. The van der Waals surface area contributed by atoms with E-state index in [1.165, 1.54) is 31.0 Å². The van der Waals surface area contributed by atoms with E-state index in [9.17, 15) is 0 Å². The third kappa shape index (κ3) is 1.25. The molecule has 1 spiro atoms. The van der Waals surface area contributed by atoms with Crippen molar-refractivity contribution in [2.75, 3.05) is 5.33 Å². The minimum atomic E-state index is 0.669. The molecule has 1 aromatic carbocycles. The van der Waals surface area contributed by atoms with Crippen LogP contribution in [0.15, 0.2) is 24.3 Å². The summed E-state index contributed by atoms with van der Waals surface area (Å²) >= 11 is 3.59. The lowest BCUT2D eigenvalue weighted by molar-refractivity contribution is 0.0823. The molecule has 3 rings (SSSR count). The molecule has 0 aliphatic heterocycles. The number of hydrogen-bond donors (Lipinski definition) is 0. The van der Waals surface area contributed by atoms with Crippen LogP contribution in [-0.2, 0) is 12.8 Å². The van der Waals surface area contributed by atoms with Gasteiger partial charge in [0.05, 0.1) is 0 Å². The van der Waals surface area contributed by atoms with Gasteiger partial charge in [0.25, 0.3) is 0 Å². The van der Waals surface area contributed by atoms with Gasteiger partial charge < -0.3 is 0 Å². The zero-order chi connectivity index (χ0) is 9.60. The highest BCUT2D eigenvalue weighted by molar-refractivity contribution is 9.09. The zero-order valence-electron chi connectivity index (χ0n) is 8.30. The van der Waals surface area contributed by atoms with E-state index in [4.69, 9.17) is 0 Å². The molecule has 74 valence electrons. The molecule has 1 aromatic rings. The normalized spacial score (nSPS) is 23.5. The molecule has 0 saturated heterocycles. The summed E-state index contributed by atoms with van der Waals surface area (Å²) in [5.74, 6) is 0.948. The fourth-order valence-corrected chi connectivity index (χ4v) is 3.79. The lowest BCUT2D eigenvalue weighted by Gasteiger charge is -2.45. The van der Waals surface area contributed by atoms with Crippen molar-refractivity contribution in [2.24, 2.45) is 11.3 Å². The van der Waals surface area contributed by atoms with E-state index in [2.05, 4.69) is 40.2 Å². The average molecular weight is 251 g/mol. The quantitative estimate of drug-likeness (QED) is 0.669. The van der Waals surface area contributed by atoms with Gasteiger partial charge in [0.2, 0.25) is 0 Å². The van der Waals surface area contributed by atoms with Crippen LogP contribution in [0, 0.1) is 11.3 Å². The number of alkyl halides is 1. The lowest BCUT2D eigenvalue weighted by atomic mass is 9.61. The van der Waals surface area contributed by atoms with E-state index in [1.807, 2.05) is 0 Å². The molecular weight excluding hydrogens is 236 g/mol. The molecular formula is C13H15Br. The first-order valence-corrected chi connectivity index (χ1v) is 6.56. The Kier molecular flexibility index (Phi) is 1.98. The van der Waals surface area contributed by atoms with Gasteiger partial charge in [-0.15, -0.1) is 0 Å². The van der Waals surface area contributed by atoms with Crippen molar-refractivity contribution in [1.29, 1.82) is 0 Å². The maximum absolute atomic E-state index is 3.59. The molecule has 0 radical (unpaired) electrons. The Labute approximate surface area is 93.8 Å². The Morgan fingerprint density at radius 1 is 1.14 bits per heavy atom. The summed E-state index contributed by atoms with van der Waals surface area (Å²) in [6, 6.07) is 8.98. The molecule has 14 heavy (non-hydrogen) atoms. The number of fused-ring (bicyclic) bond motifs is 1. The van der Waals surface area contributed by atoms with Crippen LogP contribution in [0.2, 0.25) is 0 Å². The Morgan fingerprint density at radius 2 is 1.71 bits per heavy atom. The molecule has 0 nitrogen and oxygen atoms in total. The fraction of sp³-hybridized carbons (Fsp3) is 0.538. The zero-order valence-corrected chi connectivity index (χ0v) is 9.89. The fourth-order valence-electron chi connectivity index (χ4n) is 3.34. The third-order valence-electron chi connectivity index (χ3n) is 3.91. The molecule has 1 fully saturated rings. The summed E-state index contributed by atoms with van der Waals surface area (Å²) < 4.78 is 0. The number of benzene rings is 1. The lowest BCUT2D eigenvalue weighted by Crippen LogP contribution is -2.38. The highest BCUT2D eigenvalue weighted by atomic mass is 79.9. The van der Waals surface area contributed by atoms with Gasteiger partial charge in [0.1, 0.15) is 0 Å². The topological polar surface area (TPSA) is 0 Å². The molecule has 2 aliphatic carbocycles. The largest absolute Gasteiger partial charge is 0.0925 e. The van der Waals surface area contributed by atoms with Crippen molar-refractivity contribution in [1.82, 2.24) is 0 Å². The van der Waals surface area contributed by atoms with E-state index in [1.54, 1.807) is 11.1 Å². The Balaban J connectivity index is 1.80. The second-order valence-corrected chi connectivity index (χ2v) is 5.70. The van der Waals surface area contributed by atoms with Gasteiger partial charge in [-0.3, -0.25) is 0 Å². The van der Waals surface area contributed by atoms with E-state index >= 15 is 0 Å². The molecule has 1 saturated carbocycles. The van der Waals surface area contributed by atoms with Crippen LogP contribution in [0.5, 0.6) is 0 Å². The summed E-state index contributed by atoms with van der Waals surface area (Å²) in [6.07, 6.45) is 5.55. The summed E-state index contributed by atoms with van der Waals surface area (Å²) in [7, 11) is 0. The van der Waals surface area contributed by atoms with E-state index in [0.29, 0.717) is 5.41 Å². The second-order valence-electron chi connectivity index (χ2n) is 5.05. The minimum absolute atomic E-state index is 0.669. The summed E-state index contributed by atoms with van der Waals surface area (Å²) in [5.41, 5.74) is 3.89. The summed E-state index contributed by atoms with van der Waals surface area (Å²) in [6.45, 7) is 0. The molecule has 2 aliphatic rings. The molecule has 0 atom stereocenters. The van der Waals surface area contributed by atoms with Crippen LogP contribution in [0.4, 0.5) is 0 Å². The third-order valence-corrected chi connectivity index (χ3v) is 4.83. The first kappa shape index (κ1) is 8.96. The van der Waals surface area contributed by atoms with Crippen LogP contribution < -0.4 is 0 Å². The SMILES string of the molecule is BrCC1CC2(Cc3ccccc3C2)C1. The molecule has 0 amide bonds. The van der Waals surface area contributed by atoms with Crippen molar-refractivity contribution in [3.63, 3.8) is 0 Å². The van der Waals surface area contributed by atoms with Crippen LogP contribution in [0.1, 0.15) is 24.0 Å². The van der Waals surface area contributed by atoms with Crippen molar-refractivity contribution in [3.05, 3.63) is 35.4 Å². The van der Waals surface area contributed by atoms with Gasteiger partial charge in [0.15, 0.2) is 0 Å².